The van der Waals surface area contributed by atoms with Gasteiger partial charge in [0.15, 0.2) is 0 Å². The topological polar surface area (TPSA) is 52.9 Å². The maximum absolute atomic E-state index is 9.68. The van der Waals surface area contributed by atoms with Gasteiger partial charge in [-0.1, -0.05) is 18.2 Å². The molecule has 1 aromatic rings. The van der Waals surface area contributed by atoms with Crippen molar-refractivity contribution in [3.05, 3.63) is 29.8 Å². The summed E-state index contributed by atoms with van der Waals surface area (Å²) in [5.41, 5.74) is 1.79. The number of anilines is 1. The molecule has 0 saturated heterocycles. The Hall–Kier alpha value is -1.10. The van der Waals surface area contributed by atoms with Crippen molar-refractivity contribution in [1.29, 1.82) is 0 Å². The third kappa shape index (κ3) is 4.00. The van der Waals surface area contributed by atoms with Crippen LogP contribution in [0.25, 0.3) is 0 Å². The fraction of sp³-hybridized carbons (Fsp3) is 0.538. The minimum absolute atomic E-state index is 0.307. The fourth-order valence-corrected chi connectivity index (χ4v) is 1.85. The van der Waals surface area contributed by atoms with Crippen LogP contribution in [0.4, 0.5) is 5.69 Å². The molecule has 2 N–H and O–H groups in total. The molecule has 0 aliphatic carbocycles. The zero-order valence-corrected chi connectivity index (χ0v) is 10.6. The van der Waals surface area contributed by atoms with Crippen LogP contribution < -0.4 is 4.90 Å². The van der Waals surface area contributed by atoms with E-state index in [4.69, 9.17) is 4.74 Å². The SMILES string of the molecule is COCC(O)CN(C)c1ccccc1[C@H](C)O. The summed E-state index contributed by atoms with van der Waals surface area (Å²) in [5.74, 6) is 0. The second-order valence-electron chi connectivity index (χ2n) is 4.22. The Bertz CT molecular complexity index is 341. The lowest BCUT2D eigenvalue weighted by Gasteiger charge is -2.25. The third-order valence-corrected chi connectivity index (χ3v) is 2.64. The number of hydrogen-bond acceptors (Lipinski definition) is 4. The lowest BCUT2D eigenvalue weighted by Crippen LogP contribution is -2.32. The highest BCUT2D eigenvalue weighted by Crippen LogP contribution is 2.25. The molecule has 0 aliphatic heterocycles. The van der Waals surface area contributed by atoms with Crippen LogP contribution in [0.2, 0.25) is 0 Å². The molecule has 1 unspecified atom stereocenters. The lowest BCUT2D eigenvalue weighted by atomic mass is 10.1. The van der Waals surface area contributed by atoms with Crippen LogP contribution in [0.15, 0.2) is 24.3 Å². The van der Waals surface area contributed by atoms with E-state index in [2.05, 4.69) is 0 Å². The molecule has 1 rings (SSSR count). The normalized spacial score (nSPS) is 14.4. The first-order valence-electron chi connectivity index (χ1n) is 5.71. The Labute approximate surface area is 102 Å². The number of benzene rings is 1. The van der Waals surface area contributed by atoms with Gasteiger partial charge in [-0.2, -0.15) is 0 Å². The molecule has 96 valence electrons. The highest BCUT2D eigenvalue weighted by molar-refractivity contribution is 5.54. The molecule has 0 saturated carbocycles. The molecule has 2 atom stereocenters. The van der Waals surface area contributed by atoms with Crippen molar-refractivity contribution in [2.45, 2.75) is 19.1 Å². The predicted octanol–water partition coefficient (Wildman–Crippen LogP) is 1.18. The van der Waals surface area contributed by atoms with Crippen LogP contribution in [0.1, 0.15) is 18.6 Å². The molecule has 17 heavy (non-hydrogen) atoms. The van der Waals surface area contributed by atoms with Crippen molar-refractivity contribution in [3.8, 4) is 0 Å². The van der Waals surface area contributed by atoms with Gasteiger partial charge in [0.25, 0.3) is 0 Å². The number of aliphatic hydroxyl groups is 2. The van der Waals surface area contributed by atoms with Gasteiger partial charge in [0.1, 0.15) is 0 Å². The average molecular weight is 239 g/mol. The van der Waals surface area contributed by atoms with E-state index < -0.39 is 12.2 Å². The van der Waals surface area contributed by atoms with Crippen LogP contribution in [0, 0.1) is 0 Å². The number of methoxy groups -OCH3 is 1. The molecule has 0 spiro atoms. The lowest BCUT2D eigenvalue weighted by molar-refractivity contribution is 0.0694. The van der Waals surface area contributed by atoms with Gasteiger partial charge in [-0.15, -0.1) is 0 Å². The molecule has 0 bridgehead atoms. The van der Waals surface area contributed by atoms with E-state index in [1.54, 1.807) is 14.0 Å². The zero-order valence-electron chi connectivity index (χ0n) is 10.6. The second kappa shape index (κ2) is 6.59. The van der Waals surface area contributed by atoms with Crippen molar-refractivity contribution in [1.82, 2.24) is 0 Å². The van der Waals surface area contributed by atoms with E-state index in [1.165, 1.54) is 0 Å². The van der Waals surface area contributed by atoms with Crippen molar-refractivity contribution in [3.63, 3.8) is 0 Å². The number of aliphatic hydroxyl groups excluding tert-OH is 2. The first-order chi connectivity index (χ1) is 8.06. The highest BCUT2D eigenvalue weighted by atomic mass is 16.5. The van der Waals surface area contributed by atoms with Gasteiger partial charge in [0.2, 0.25) is 0 Å². The minimum Gasteiger partial charge on any atom is -0.389 e. The predicted molar refractivity (Wildman–Crippen MR) is 68.2 cm³/mol. The maximum Gasteiger partial charge on any atom is 0.0947 e. The summed E-state index contributed by atoms with van der Waals surface area (Å²) in [6.45, 7) is 2.51. The van der Waals surface area contributed by atoms with Gasteiger partial charge >= 0.3 is 0 Å². The smallest absolute Gasteiger partial charge is 0.0947 e. The summed E-state index contributed by atoms with van der Waals surface area (Å²) < 4.78 is 4.89. The van der Waals surface area contributed by atoms with E-state index >= 15 is 0 Å². The largest absolute Gasteiger partial charge is 0.389 e. The molecular weight excluding hydrogens is 218 g/mol. The quantitative estimate of drug-likeness (QED) is 0.783. The van der Waals surface area contributed by atoms with Crippen molar-refractivity contribution in [2.24, 2.45) is 0 Å². The Balaban J connectivity index is 2.77. The molecule has 4 nitrogen and oxygen atoms in total. The number of para-hydroxylation sites is 1. The second-order valence-corrected chi connectivity index (χ2v) is 4.22. The van der Waals surface area contributed by atoms with E-state index in [0.717, 1.165) is 11.3 Å². The number of nitrogens with zero attached hydrogens (tertiary/aromatic N) is 1. The zero-order chi connectivity index (χ0) is 12.8. The van der Waals surface area contributed by atoms with Gasteiger partial charge in [-0.05, 0) is 13.0 Å². The van der Waals surface area contributed by atoms with Crippen LogP contribution in [0.5, 0.6) is 0 Å². The van der Waals surface area contributed by atoms with Crippen molar-refractivity contribution in [2.75, 3.05) is 32.2 Å². The first kappa shape index (κ1) is 14.0. The summed E-state index contributed by atoms with van der Waals surface area (Å²) in [7, 11) is 3.45. The van der Waals surface area contributed by atoms with Crippen LogP contribution in [-0.4, -0.2) is 43.6 Å². The van der Waals surface area contributed by atoms with E-state index in [9.17, 15) is 10.2 Å². The van der Waals surface area contributed by atoms with Crippen LogP contribution in [0.3, 0.4) is 0 Å². The molecular formula is C13H21NO3. The van der Waals surface area contributed by atoms with Gasteiger partial charge in [-0.25, -0.2) is 0 Å². The standard InChI is InChI=1S/C13H21NO3/c1-10(15)12-6-4-5-7-13(12)14(2)8-11(16)9-17-3/h4-7,10-11,15-16H,8-9H2,1-3H3/t10-,11?/m0/s1. The number of rotatable bonds is 6. The maximum atomic E-state index is 9.68. The fourth-order valence-electron chi connectivity index (χ4n) is 1.85. The Morgan fingerprint density at radius 2 is 1.94 bits per heavy atom. The summed E-state index contributed by atoms with van der Waals surface area (Å²) in [6, 6.07) is 7.63. The van der Waals surface area contributed by atoms with Crippen molar-refractivity contribution >= 4 is 5.69 Å². The third-order valence-electron chi connectivity index (χ3n) is 2.64. The van der Waals surface area contributed by atoms with Gasteiger partial charge in [0.05, 0.1) is 18.8 Å². The summed E-state index contributed by atoms with van der Waals surface area (Å²) >= 11 is 0. The average Bonchev–Trinajstić information content (AvgIpc) is 2.29. The first-order valence-corrected chi connectivity index (χ1v) is 5.71. The number of hydrogen-bond donors (Lipinski definition) is 2. The highest BCUT2D eigenvalue weighted by Gasteiger charge is 2.13. The van der Waals surface area contributed by atoms with E-state index in [0.29, 0.717) is 13.2 Å². The molecule has 1 aromatic carbocycles. The van der Waals surface area contributed by atoms with Crippen molar-refractivity contribution < 1.29 is 14.9 Å². The van der Waals surface area contributed by atoms with Gasteiger partial charge in [0, 0.05) is 32.0 Å². The molecule has 0 aliphatic rings. The Kier molecular flexibility index (Phi) is 5.41. The van der Waals surface area contributed by atoms with Crippen LogP contribution >= 0.6 is 0 Å². The van der Waals surface area contributed by atoms with E-state index in [-0.39, 0.29) is 0 Å². The summed E-state index contributed by atoms with van der Waals surface area (Å²) in [4.78, 5) is 1.92. The molecule has 0 radical (unpaired) electrons. The number of ether oxygens (including phenoxy) is 1. The molecule has 0 fully saturated rings. The van der Waals surface area contributed by atoms with E-state index in [1.807, 2.05) is 36.2 Å². The minimum atomic E-state index is -0.535. The molecule has 0 amide bonds. The monoisotopic (exact) mass is 239 g/mol. The molecule has 4 heteroatoms. The van der Waals surface area contributed by atoms with Gasteiger partial charge < -0.3 is 19.8 Å². The number of likely N-dealkylation sites (N-methyl/N-ethyl adjacent to an activating group) is 1. The molecule has 0 heterocycles. The van der Waals surface area contributed by atoms with Gasteiger partial charge in [-0.3, -0.25) is 0 Å². The Morgan fingerprint density at radius 1 is 1.29 bits per heavy atom. The van der Waals surface area contributed by atoms with Crippen LogP contribution in [-0.2, 0) is 4.74 Å². The summed E-state index contributed by atoms with van der Waals surface area (Å²) in [5, 5.41) is 19.4. The molecule has 0 aromatic heterocycles. The summed E-state index contributed by atoms with van der Waals surface area (Å²) in [6.07, 6.45) is -1.06. The Morgan fingerprint density at radius 3 is 2.53 bits per heavy atom.